The Morgan fingerprint density at radius 3 is 0.892 bits per heavy atom. The maximum Gasteiger partial charge on any atom is 0.306 e. The summed E-state index contributed by atoms with van der Waals surface area (Å²) in [5, 5.41) is 9.66. The molecule has 1 atom stereocenters. The second kappa shape index (κ2) is 62.8. The highest BCUT2D eigenvalue weighted by atomic mass is 16.6. The summed E-state index contributed by atoms with van der Waals surface area (Å²) in [6, 6.07) is 0. The van der Waals surface area contributed by atoms with Crippen LogP contribution in [0.4, 0.5) is 0 Å². The van der Waals surface area contributed by atoms with Gasteiger partial charge in [0.2, 0.25) is 0 Å². The third kappa shape index (κ3) is 60.1. The fourth-order valence-electron chi connectivity index (χ4n) is 7.82. The first-order valence-electron chi connectivity index (χ1n) is 30.0. The number of esters is 2. The van der Waals surface area contributed by atoms with Crippen molar-refractivity contribution in [3.63, 3.8) is 0 Å². The van der Waals surface area contributed by atoms with E-state index in [0.29, 0.717) is 12.8 Å². The Labute approximate surface area is 456 Å². The molecule has 0 aromatic rings. The average molecular weight is 1020 g/mol. The summed E-state index contributed by atoms with van der Waals surface area (Å²) in [5.74, 6) is -0.639. The topological polar surface area (TPSA) is 72.8 Å². The SMILES string of the molecule is CC/C=C\C/C=C\C/C=C\C/C=C\C/C=C\C/C=C\C/C=C\C/C=C\C/C=C\C/C=C\C/C=C\CCCCCC(=O)OC(CO)COC(=O)CCCCCCCCCCCCC/C=C\C/C=C\CCCCCCC. The molecule has 1 unspecified atom stereocenters. The van der Waals surface area contributed by atoms with Crippen molar-refractivity contribution >= 4 is 11.9 Å². The van der Waals surface area contributed by atoms with Crippen LogP contribution in [-0.4, -0.2) is 36.4 Å². The smallest absolute Gasteiger partial charge is 0.306 e. The minimum atomic E-state index is -0.803. The van der Waals surface area contributed by atoms with Crippen LogP contribution in [-0.2, 0) is 19.1 Å². The maximum atomic E-state index is 12.3. The van der Waals surface area contributed by atoms with Gasteiger partial charge < -0.3 is 14.6 Å². The molecule has 0 aliphatic carbocycles. The van der Waals surface area contributed by atoms with Crippen molar-refractivity contribution in [2.45, 2.75) is 251 Å². The van der Waals surface area contributed by atoms with Gasteiger partial charge in [0.1, 0.15) is 6.61 Å². The third-order valence-electron chi connectivity index (χ3n) is 12.3. The Balaban J connectivity index is 3.66. The molecule has 0 saturated heterocycles. The first-order valence-corrected chi connectivity index (χ1v) is 30.0. The molecule has 74 heavy (non-hydrogen) atoms. The molecule has 0 spiro atoms. The van der Waals surface area contributed by atoms with E-state index in [4.69, 9.17) is 9.47 Å². The van der Waals surface area contributed by atoms with Crippen molar-refractivity contribution in [2.24, 2.45) is 0 Å². The molecule has 0 radical (unpaired) electrons. The molecule has 0 aliphatic heterocycles. The Morgan fingerprint density at radius 1 is 0.324 bits per heavy atom. The number of hydrogen-bond donors (Lipinski definition) is 1. The van der Waals surface area contributed by atoms with Gasteiger partial charge in [-0.15, -0.1) is 0 Å². The fraction of sp³-hybridized carbons (Fsp3) is 0.594. The van der Waals surface area contributed by atoms with Crippen LogP contribution in [0.1, 0.15) is 245 Å². The highest BCUT2D eigenvalue weighted by Gasteiger charge is 2.16. The molecular formula is C69H110O5. The first kappa shape index (κ1) is 69.5. The molecule has 5 heteroatoms. The van der Waals surface area contributed by atoms with E-state index in [0.717, 1.165) is 122 Å². The van der Waals surface area contributed by atoms with Gasteiger partial charge in [0, 0.05) is 12.8 Å². The van der Waals surface area contributed by atoms with Gasteiger partial charge in [0.25, 0.3) is 0 Å². The molecule has 0 bridgehead atoms. The molecule has 416 valence electrons. The number of carbonyl (C=O) groups is 2. The normalized spacial score (nSPS) is 13.4. The quantitative estimate of drug-likeness (QED) is 0.0373. The van der Waals surface area contributed by atoms with E-state index in [9.17, 15) is 14.7 Å². The zero-order chi connectivity index (χ0) is 53.4. The summed E-state index contributed by atoms with van der Waals surface area (Å²) < 4.78 is 10.7. The lowest BCUT2D eigenvalue weighted by Crippen LogP contribution is -2.28. The van der Waals surface area contributed by atoms with Gasteiger partial charge in [-0.05, 0) is 128 Å². The van der Waals surface area contributed by atoms with Gasteiger partial charge in [0.05, 0.1) is 6.61 Å². The molecular weight excluding hydrogens is 909 g/mol. The Morgan fingerprint density at radius 2 is 0.581 bits per heavy atom. The molecule has 0 aromatic carbocycles. The number of aliphatic hydroxyl groups excluding tert-OH is 1. The van der Waals surface area contributed by atoms with Gasteiger partial charge in [-0.3, -0.25) is 9.59 Å². The number of unbranched alkanes of at least 4 members (excludes halogenated alkanes) is 19. The molecule has 0 fully saturated rings. The van der Waals surface area contributed by atoms with Crippen molar-refractivity contribution in [1.82, 2.24) is 0 Å². The summed E-state index contributed by atoms with van der Waals surface area (Å²) in [7, 11) is 0. The van der Waals surface area contributed by atoms with E-state index in [1.54, 1.807) is 0 Å². The minimum Gasteiger partial charge on any atom is -0.462 e. The number of rotatable bonds is 53. The minimum absolute atomic E-state index is 0.0899. The number of carbonyl (C=O) groups excluding carboxylic acids is 2. The zero-order valence-corrected chi connectivity index (χ0v) is 47.5. The summed E-state index contributed by atoms with van der Waals surface area (Å²) in [5.41, 5.74) is 0. The van der Waals surface area contributed by atoms with Crippen LogP contribution in [0.15, 0.2) is 158 Å². The standard InChI is InChI=1S/C69H110O5/c1-3-5-7-9-11-13-15-17-19-21-23-25-27-28-29-30-31-32-33-34-35-36-37-38-39-40-42-44-46-48-50-52-54-56-58-60-62-64-69(72)74-67(65-70)66-73-68(71)63-61-59-57-55-53-51-49-47-45-43-41-26-24-22-20-18-16-14-12-10-8-6-4-2/h5,7,11,13,16-19,22-25,28-29,31-32,34-35,37-38,40,42,46,48,52,54,67,70H,3-4,6,8-10,12,14-15,20-21,26-27,30,33,36,39,41,43-45,47,49-51,53,55-66H2,1-2H3/b7-5-,13-11-,18-16-,19-17-,24-22-,25-23-,29-28-,32-31-,35-34-,38-37-,42-40-,48-46-,54-52-. The van der Waals surface area contributed by atoms with Crippen LogP contribution < -0.4 is 0 Å². The monoisotopic (exact) mass is 1020 g/mol. The summed E-state index contributed by atoms with van der Waals surface area (Å²) in [6.45, 7) is 3.99. The van der Waals surface area contributed by atoms with Gasteiger partial charge in [-0.2, -0.15) is 0 Å². The predicted molar refractivity (Wildman–Crippen MR) is 324 cm³/mol. The molecule has 5 nitrogen and oxygen atoms in total. The Bertz CT molecular complexity index is 1620. The molecule has 0 amide bonds. The number of aliphatic hydroxyl groups is 1. The van der Waals surface area contributed by atoms with E-state index in [1.165, 1.54) is 96.3 Å². The Kier molecular flexibility index (Phi) is 59.0. The molecule has 0 heterocycles. The predicted octanol–water partition coefficient (Wildman–Crippen LogP) is 20.7. The van der Waals surface area contributed by atoms with Crippen molar-refractivity contribution in [3.8, 4) is 0 Å². The van der Waals surface area contributed by atoms with Gasteiger partial charge >= 0.3 is 11.9 Å². The van der Waals surface area contributed by atoms with Gasteiger partial charge in [-0.25, -0.2) is 0 Å². The van der Waals surface area contributed by atoms with Crippen LogP contribution in [0, 0.1) is 0 Å². The summed E-state index contributed by atoms with van der Waals surface area (Å²) in [4.78, 5) is 24.5. The molecule has 0 aliphatic rings. The average Bonchev–Trinajstić information content (AvgIpc) is 3.40. The van der Waals surface area contributed by atoms with Crippen LogP contribution in [0.2, 0.25) is 0 Å². The van der Waals surface area contributed by atoms with Crippen LogP contribution in [0.25, 0.3) is 0 Å². The van der Waals surface area contributed by atoms with Crippen molar-refractivity contribution < 1.29 is 24.2 Å². The highest BCUT2D eigenvalue weighted by Crippen LogP contribution is 2.14. The van der Waals surface area contributed by atoms with Crippen LogP contribution in [0.5, 0.6) is 0 Å². The third-order valence-corrected chi connectivity index (χ3v) is 12.3. The number of hydrogen-bond acceptors (Lipinski definition) is 5. The Hall–Kier alpha value is -4.48. The zero-order valence-electron chi connectivity index (χ0n) is 47.5. The van der Waals surface area contributed by atoms with E-state index in [1.807, 2.05) is 0 Å². The summed E-state index contributed by atoms with van der Waals surface area (Å²) in [6.07, 6.45) is 96.4. The van der Waals surface area contributed by atoms with E-state index in [-0.39, 0.29) is 25.2 Å². The molecule has 0 saturated carbocycles. The number of allylic oxidation sites excluding steroid dienone is 26. The van der Waals surface area contributed by atoms with Crippen molar-refractivity contribution in [2.75, 3.05) is 13.2 Å². The van der Waals surface area contributed by atoms with E-state index >= 15 is 0 Å². The molecule has 0 rings (SSSR count). The fourth-order valence-corrected chi connectivity index (χ4v) is 7.82. The molecule has 0 aromatic heterocycles. The maximum absolute atomic E-state index is 12.3. The van der Waals surface area contributed by atoms with Crippen molar-refractivity contribution in [1.29, 1.82) is 0 Å². The van der Waals surface area contributed by atoms with Gasteiger partial charge in [-0.1, -0.05) is 262 Å². The van der Waals surface area contributed by atoms with Crippen molar-refractivity contribution in [3.05, 3.63) is 158 Å². The second-order valence-corrected chi connectivity index (χ2v) is 19.3. The van der Waals surface area contributed by atoms with E-state index in [2.05, 4.69) is 172 Å². The largest absolute Gasteiger partial charge is 0.462 e. The summed E-state index contributed by atoms with van der Waals surface area (Å²) >= 11 is 0. The van der Waals surface area contributed by atoms with Crippen LogP contribution >= 0.6 is 0 Å². The lowest BCUT2D eigenvalue weighted by molar-refractivity contribution is -0.161. The molecule has 1 N–H and O–H groups in total. The van der Waals surface area contributed by atoms with Crippen LogP contribution in [0.3, 0.4) is 0 Å². The second-order valence-electron chi connectivity index (χ2n) is 19.3. The number of ether oxygens (including phenoxy) is 2. The lowest BCUT2D eigenvalue weighted by atomic mass is 10.0. The first-order chi connectivity index (χ1) is 36.6. The van der Waals surface area contributed by atoms with E-state index < -0.39 is 6.10 Å². The van der Waals surface area contributed by atoms with Gasteiger partial charge in [0.15, 0.2) is 6.10 Å². The highest BCUT2D eigenvalue weighted by molar-refractivity contribution is 5.70. The lowest BCUT2D eigenvalue weighted by Gasteiger charge is -2.15.